The molecule has 0 saturated heterocycles. The molecule has 148 valence electrons. The highest BCUT2D eigenvalue weighted by Gasteiger charge is 2.28. The lowest BCUT2D eigenvalue weighted by Crippen LogP contribution is -2.17. The van der Waals surface area contributed by atoms with Gasteiger partial charge in [-0.25, -0.2) is 4.98 Å². The number of H-pyrrole nitrogens is 1. The van der Waals surface area contributed by atoms with E-state index in [1.165, 1.54) is 54.7 Å². The van der Waals surface area contributed by atoms with Gasteiger partial charge in [0.15, 0.2) is 5.52 Å². The maximum Gasteiger partial charge on any atom is 0.373 e. The highest BCUT2D eigenvalue weighted by Crippen LogP contribution is 2.43. The fourth-order valence-corrected chi connectivity index (χ4v) is 5.64. The summed E-state index contributed by atoms with van der Waals surface area (Å²) in [5.41, 5.74) is 8.66. The van der Waals surface area contributed by atoms with Crippen LogP contribution in [0.15, 0.2) is 103 Å². The molecule has 0 aliphatic carbocycles. The summed E-state index contributed by atoms with van der Waals surface area (Å²) >= 11 is 0. The number of nitrogens with zero attached hydrogens (tertiary/aromatic N) is 2. The fraction of sp³-hybridized carbons (Fsp3) is 0. The molecule has 3 heterocycles. The predicted octanol–water partition coefficient (Wildman–Crippen LogP) is 6.72. The summed E-state index contributed by atoms with van der Waals surface area (Å²) in [5.74, 6) is 1.10. The van der Waals surface area contributed by atoms with Crippen LogP contribution in [0.3, 0.4) is 0 Å². The van der Waals surface area contributed by atoms with Crippen LogP contribution in [0.4, 0.5) is 0 Å². The summed E-state index contributed by atoms with van der Waals surface area (Å²) in [7, 11) is 0. The molecular formula is C29H18N3+. The van der Waals surface area contributed by atoms with Crippen LogP contribution in [-0.4, -0.2) is 9.38 Å². The molecule has 0 fully saturated rings. The van der Waals surface area contributed by atoms with Gasteiger partial charge in [0, 0.05) is 16.3 Å². The minimum Gasteiger partial charge on any atom is -0.240 e. The lowest BCUT2D eigenvalue weighted by atomic mass is 9.93. The second-order valence-electron chi connectivity index (χ2n) is 8.54. The first-order valence-electron chi connectivity index (χ1n) is 11.0. The van der Waals surface area contributed by atoms with Gasteiger partial charge in [-0.3, -0.25) is 0 Å². The Morgan fingerprint density at radius 3 is 2.34 bits per heavy atom. The van der Waals surface area contributed by atoms with Gasteiger partial charge >= 0.3 is 5.78 Å². The Balaban J connectivity index is 1.72. The van der Waals surface area contributed by atoms with Crippen LogP contribution in [0.25, 0.3) is 66.0 Å². The van der Waals surface area contributed by atoms with Crippen molar-refractivity contribution in [2.24, 2.45) is 0 Å². The number of hydrogen-bond acceptors (Lipinski definition) is 0. The Labute approximate surface area is 183 Å². The summed E-state index contributed by atoms with van der Waals surface area (Å²) in [4.78, 5) is 3.69. The van der Waals surface area contributed by atoms with Crippen molar-refractivity contribution in [3.05, 3.63) is 103 Å². The molecule has 0 radical (unpaired) electrons. The summed E-state index contributed by atoms with van der Waals surface area (Å²) < 4.78 is 4.77. The molecule has 0 unspecified atom stereocenters. The largest absolute Gasteiger partial charge is 0.373 e. The second-order valence-corrected chi connectivity index (χ2v) is 8.54. The van der Waals surface area contributed by atoms with Gasteiger partial charge in [0.1, 0.15) is 22.1 Å². The number of hydrogen-bond donors (Lipinski definition) is 1. The molecule has 0 aliphatic rings. The summed E-state index contributed by atoms with van der Waals surface area (Å²) in [5, 5.41) is 5.16. The van der Waals surface area contributed by atoms with Crippen molar-refractivity contribution in [3.63, 3.8) is 0 Å². The number of imidazole rings is 2. The average Bonchev–Trinajstić information content (AvgIpc) is 3.48. The van der Waals surface area contributed by atoms with Crippen LogP contribution in [0.5, 0.6) is 0 Å². The van der Waals surface area contributed by atoms with E-state index in [4.69, 9.17) is 0 Å². The zero-order valence-corrected chi connectivity index (χ0v) is 17.2. The summed E-state index contributed by atoms with van der Waals surface area (Å²) in [6, 6.07) is 37.1. The number of benzene rings is 5. The van der Waals surface area contributed by atoms with E-state index in [1.54, 1.807) is 0 Å². The SMILES string of the molecule is c1ccc(-c2c3ccccc3cc3c2c2cccc4c2n3c2[nH]c3ccccc3[n+]42)cc1. The van der Waals surface area contributed by atoms with Crippen LogP contribution < -0.4 is 4.40 Å². The van der Waals surface area contributed by atoms with E-state index < -0.39 is 0 Å². The van der Waals surface area contributed by atoms with Crippen molar-refractivity contribution < 1.29 is 4.40 Å². The van der Waals surface area contributed by atoms with Crippen molar-refractivity contribution in [2.45, 2.75) is 0 Å². The molecular weight excluding hydrogens is 390 g/mol. The van der Waals surface area contributed by atoms with Gasteiger partial charge in [0.05, 0.1) is 0 Å². The molecule has 3 aromatic heterocycles. The first-order chi connectivity index (χ1) is 15.9. The van der Waals surface area contributed by atoms with Crippen molar-refractivity contribution in [1.82, 2.24) is 9.38 Å². The zero-order chi connectivity index (χ0) is 20.8. The van der Waals surface area contributed by atoms with Crippen molar-refractivity contribution in [1.29, 1.82) is 0 Å². The van der Waals surface area contributed by atoms with E-state index in [0.717, 1.165) is 11.3 Å². The molecule has 3 heteroatoms. The molecule has 0 spiro atoms. The number of aromatic nitrogens is 3. The zero-order valence-electron chi connectivity index (χ0n) is 17.2. The Kier molecular flexibility index (Phi) is 2.89. The number of aromatic amines is 1. The Morgan fingerprint density at radius 2 is 1.41 bits per heavy atom. The quantitative estimate of drug-likeness (QED) is 0.292. The smallest absolute Gasteiger partial charge is 0.240 e. The minimum absolute atomic E-state index is 1.10. The van der Waals surface area contributed by atoms with E-state index in [9.17, 15) is 0 Å². The molecule has 5 aromatic carbocycles. The van der Waals surface area contributed by atoms with Gasteiger partial charge in [-0.2, -0.15) is 8.80 Å². The molecule has 8 rings (SSSR count). The molecule has 0 saturated carbocycles. The van der Waals surface area contributed by atoms with Crippen LogP contribution in [0, 0.1) is 0 Å². The fourth-order valence-electron chi connectivity index (χ4n) is 5.64. The minimum atomic E-state index is 1.10. The lowest BCUT2D eigenvalue weighted by molar-refractivity contribution is -0.449. The second kappa shape index (κ2) is 5.65. The van der Waals surface area contributed by atoms with E-state index in [-0.39, 0.29) is 0 Å². The molecule has 3 nitrogen and oxygen atoms in total. The standard InChI is InChI=1S/C29H17N3/c1-2-9-18(10-3-1)26-20-12-5-4-11-19(20)17-25-27(26)21-13-8-16-24-28(21)32(25)29-30-22-14-6-7-15-23(22)31(24)29/h1-17H/p+1. The maximum absolute atomic E-state index is 3.69. The molecule has 32 heavy (non-hydrogen) atoms. The number of fused-ring (bicyclic) bond motifs is 9. The Bertz CT molecular complexity index is 1970. The number of nitrogens with one attached hydrogen (secondary N) is 1. The number of para-hydroxylation sites is 3. The van der Waals surface area contributed by atoms with Crippen molar-refractivity contribution >= 4 is 54.9 Å². The molecule has 8 aromatic rings. The topological polar surface area (TPSA) is 24.3 Å². The normalized spacial score (nSPS) is 12.4. The molecule has 0 bridgehead atoms. The van der Waals surface area contributed by atoms with E-state index in [2.05, 4.69) is 117 Å². The molecule has 0 amide bonds. The Morgan fingerprint density at radius 1 is 0.656 bits per heavy atom. The first-order valence-corrected chi connectivity index (χ1v) is 11.0. The third kappa shape index (κ3) is 1.85. The van der Waals surface area contributed by atoms with Crippen LogP contribution >= 0.6 is 0 Å². The third-order valence-electron chi connectivity index (χ3n) is 6.90. The van der Waals surface area contributed by atoms with Crippen LogP contribution in [0.1, 0.15) is 0 Å². The highest BCUT2D eigenvalue weighted by molar-refractivity contribution is 6.24. The maximum atomic E-state index is 3.69. The van der Waals surface area contributed by atoms with Gasteiger partial charge in [-0.05, 0) is 40.6 Å². The van der Waals surface area contributed by atoms with Crippen molar-refractivity contribution in [2.75, 3.05) is 0 Å². The van der Waals surface area contributed by atoms with E-state index >= 15 is 0 Å². The first kappa shape index (κ1) is 16.3. The van der Waals surface area contributed by atoms with Gasteiger partial charge in [0.2, 0.25) is 0 Å². The van der Waals surface area contributed by atoms with Gasteiger partial charge < -0.3 is 0 Å². The van der Waals surface area contributed by atoms with Crippen LogP contribution in [0.2, 0.25) is 0 Å². The van der Waals surface area contributed by atoms with Gasteiger partial charge in [-0.15, -0.1) is 0 Å². The molecule has 0 atom stereocenters. The van der Waals surface area contributed by atoms with Gasteiger partial charge in [0.25, 0.3) is 0 Å². The highest BCUT2D eigenvalue weighted by atomic mass is 15.2. The molecule has 1 N–H and O–H groups in total. The van der Waals surface area contributed by atoms with Crippen LogP contribution in [-0.2, 0) is 0 Å². The lowest BCUT2D eigenvalue weighted by Gasteiger charge is -2.09. The van der Waals surface area contributed by atoms with E-state index in [0.29, 0.717) is 0 Å². The number of rotatable bonds is 1. The third-order valence-corrected chi connectivity index (χ3v) is 6.90. The van der Waals surface area contributed by atoms with Gasteiger partial charge in [-0.1, -0.05) is 78.9 Å². The summed E-state index contributed by atoms with van der Waals surface area (Å²) in [6.45, 7) is 0. The van der Waals surface area contributed by atoms with Crippen molar-refractivity contribution in [3.8, 4) is 11.1 Å². The average molecular weight is 408 g/mol. The summed E-state index contributed by atoms with van der Waals surface area (Å²) in [6.07, 6.45) is 0. The predicted molar refractivity (Wildman–Crippen MR) is 132 cm³/mol. The monoisotopic (exact) mass is 408 g/mol. The molecule has 0 aliphatic heterocycles. The Hall–Kier alpha value is -4.37. The van der Waals surface area contributed by atoms with E-state index in [1.807, 2.05) is 0 Å².